The fourth-order valence-corrected chi connectivity index (χ4v) is 1.91. The molecule has 0 bridgehead atoms. The fraction of sp³-hybridized carbons (Fsp3) is 0.333. The average Bonchev–Trinajstić information content (AvgIpc) is 2.90. The number of fused-ring (bicyclic) bond motifs is 1. The van der Waals surface area contributed by atoms with Crippen molar-refractivity contribution in [3.05, 3.63) is 35.4 Å². The van der Waals surface area contributed by atoms with Gasteiger partial charge in [0.2, 0.25) is 5.79 Å². The van der Waals surface area contributed by atoms with Crippen LogP contribution in [0.2, 0.25) is 0 Å². The average molecular weight is 204 g/mol. The van der Waals surface area contributed by atoms with Crippen molar-refractivity contribution in [1.82, 2.24) is 0 Å². The molecule has 1 fully saturated rings. The summed E-state index contributed by atoms with van der Waals surface area (Å²) in [6.07, 6.45) is 3.97. The predicted octanol–water partition coefficient (Wildman–Crippen LogP) is 2.05. The topological polar surface area (TPSA) is 42.0 Å². The third-order valence-electron chi connectivity index (χ3n) is 3.00. The zero-order chi connectivity index (χ0) is 10.5. The van der Waals surface area contributed by atoms with Gasteiger partial charge in [-0.2, -0.15) is 0 Å². The molecule has 1 saturated heterocycles. The number of phenols is 1. The summed E-state index contributed by atoms with van der Waals surface area (Å²) >= 11 is 0. The van der Waals surface area contributed by atoms with E-state index in [2.05, 4.69) is 0 Å². The first-order valence-electron chi connectivity index (χ1n) is 5.03. The molecular weight excluding hydrogens is 192 g/mol. The molecule has 78 valence electrons. The smallest absolute Gasteiger partial charge is 0.215 e. The molecule has 0 aromatic heterocycles. The number of hydrogen-bond acceptors (Lipinski definition) is 3. The van der Waals surface area contributed by atoms with Crippen molar-refractivity contribution in [3.8, 4) is 5.75 Å². The van der Waals surface area contributed by atoms with E-state index in [9.17, 15) is 5.11 Å². The molecule has 3 heteroatoms. The maximum absolute atomic E-state index is 9.68. The number of aromatic hydroxyl groups is 1. The van der Waals surface area contributed by atoms with Crippen LogP contribution in [0, 0.1) is 0 Å². The van der Waals surface area contributed by atoms with Crippen molar-refractivity contribution < 1.29 is 14.6 Å². The zero-order valence-corrected chi connectivity index (χ0v) is 8.43. The summed E-state index contributed by atoms with van der Waals surface area (Å²) in [4.78, 5) is 0. The van der Waals surface area contributed by atoms with Crippen LogP contribution in [-0.4, -0.2) is 17.0 Å². The van der Waals surface area contributed by atoms with Crippen LogP contribution in [0.5, 0.6) is 5.75 Å². The molecule has 15 heavy (non-hydrogen) atoms. The molecule has 2 heterocycles. The Kier molecular flexibility index (Phi) is 1.69. The Morgan fingerprint density at radius 1 is 1.47 bits per heavy atom. The number of epoxide rings is 1. The minimum absolute atomic E-state index is 0.102. The van der Waals surface area contributed by atoms with E-state index >= 15 is 0 Å². The lowest BCUT2D eigenvalue weighted by Crippen LogP contribution is -2.14. The van der Waals surface area contributed by atoms with Crippen molar-refractivity contribution in [2.45, 2.75) is 25.4 Å². The molecular formula is C12H12O3. The Morgan fingerprint density at radius 3 is 3.00 bits per heavy atom. The second kappa shape index (κ2) is 2.84. The van der Waals surface area contributed by atoms with Gasteiger partial charge in [0.15, 0.2) is 0 Å². The molecule has 2 unspecified atom stereocenters. The Morgan fingerprint density at radius 2 is 2.27 bits per heavy atom. The van der Waals surface area contributed by atoms with Crippen LogP contribution in [0.3, 0.4) is 0 Å². The largest absolute Gasteiger partial charge is 0.508 e. The van der Waals surface area contributed by atoms with Gasteiger partial charge in [0.25, 0.3) is 0 Å². The Balaban J connectivity index is 2.01. The molecule has 3 rings (SSSR count). The summed E-state index contributed by atoms with van der Waals surface area (Å²) in [6.45, 7) is 2.36. The number of ether oxygens (including phenoxy) is 2. The molecule has 1 aromatic carbocycles. The van der Waals surface area contributed by atoms with Gasteiger partial charge < -0.3 is 14.6 Å². The highest BCUT2D eigenvalue weighted by Gasteiger charge is 2.53. The highest BCUT2D eigenvalue weighted by atomic mass is 16.8. The minimum atomic E-state index is -0.550. The quantitative estimate of drug-likeness (QED) is 0.657. The van der Waals surface area contributed by atoms with E-state index < -0.39 is 5.79 Å². The third kappa shape index (κ3) is 1.28. The van der Waals surface area contributed by atoms with E-state index in [0.29, 0.717) is 6.61 Å². The van der Waals surface area contributed by atoms with Crippen LogP contribution >= 0.6 is 0 Å². The molecule has 1 N–H and O–H groups in total. The van der Waals surface area contributed by atoms with Crippen LogP contribution in [-0.2, 0) is 16.1 Å². The van der Waals surface area contributed by atoms with Crippen molar-refractivity contribution >= 4 is 6.08 Å². The van der Waals surface area contributed by atoms with E-state index in [1.165, 1.54) is 0 Å². The molecule has 0 aliphatic carbocycles. The molecule has 3 nitrogen and oxygen atoms in total. The second-order valence-electron chi connectivity index (χ2n) is 3.95. The summed E-state index contributed by atoms with van der Waals surface area (Å²) in [5, 5.41) is 9.68. The van der Waals surface area contributed by atoms with Gasteiger partial charge in [0, 0.05) is 5.56 Å². The van der Waals surface area contributed by atoms with Gasteiger partial charge in [-0.05, 0) is 24.6 Å². The van der Waals surface area contributed by atoms with Crippen LogP contribution in [0.15, 0.2) is 24.3 Å². The zero-order valence-electron chi connectivity index (χ0n) is 8.43. The number of phenolic OH excluding ortho intramolecular Hbond substituents is 1. The number of hydrogen-bond donors (Lipinski definition) is 1. The van der Waals surface area contributed by atoms with Gasteiger partial charge in [0.1, 0.15) is 11.9 Å². The van der Waals surface area contributed by atoms with Crippen molar-refractivity contribution in [2.75, 3.05) is 0 Å². The summed E-state index contributed by atoms with van der Waals surface area (Å²) in [6, 6.07) is 5.46. The molecule has 1 aromatic rings. The maximum atomic E-state index is 9.68. The second-order valence-corrected chi connectivity index (χ2v) is 3.95. The lowest BCUT2D eigenvalue weighted by Gasteiger charge is -2.08. The molecule has 2 atom stereocenters. The lowest BCUT2D eigenvalue weighted by atomic mass is 10.1. The van der Waals surface area contributed by atoms with Crippen LogP contribution in [0.1, 0.15) is 18.1 Å². The van der Waals surface area contributed by atoms with Gasteiger partial charge in [-0.1, -0.05) is 18.2 Å². The van der Waals surface area contributed by atoms with Crippen molar-refractivity contribution in [3.63, 3.8) is 0 Å². The third-order valence-corrected chi connectivity index (χ3v) is 3.00. The maximum Gasteiger partial charge on any atom is 0.215 e. The standard InChI is InChI=1S/C12H12O3/c1-8-12(15-8)6-5-9-3-2-4-11(13)10(9)7-14-12/h2-6,8,13H,7H2,1H3. The first kappa shape index (κ1) is 8.95. The van der Waals surface area contributed by atoms with E-state index in [1.54, 1.807) is 6.07 Å². The predicted molar refractivity (Wildman–Crippen MR) is 55.2 cm³/mol. The summed E-state index contributed by atoms with van der Waals surface area (Å²) < 4.78 is 11.1. The van der Waals surface area contributed by atoms with Gasteiger partial charge >= 0.3 is 0 Å². The van der Waals surface area contributed by atoms with Crippen molar-refractivity contribution in [1.29, 1.82) is 0 Å². The first-order chi connectivity index (χ1) is 7.21. The molecule has 2 aliphatic heterocycles. The number of benzene rings is 1. The minimum Gasteiger partial charge on any atom is -0.508 e. The highest BCUT2D eigenvalue weighted by molar-refractivity contribution is 5.59. The Labute approximate surface area is 87.9 Å². The van der Waals surface area contributed by atoms with Crippen LogP contribution in [0.25, 0.3) is 6.08 Å². The van der Waals surface area contributed by atoms with Gasteiger partial charge in [-0.15, -0.1) is 0 Å². The monoisotopic (exact) mass is 204 g/mol. The van der Waals surface area contributed by atoms with E-state index in [1.807, 2.05) is 31.2 Å². The fourth-order valence-electron chi connectivity index (χ4n) is 1.91. The van der Waals surface area contributed by atoms with Crippen LogP contribution in [0.4, 0.5) is 0 Å². The van der Waals surface area contributed by atoms with E-state index in [4.69, 9.17) is 9.47 Å². The normalized spacial score (nSPS) is 32.5. The molecule has 2 aliphatic rings. The highest BCUT2D eigenvalue weighted by Crippen LogP contribution is 2.42. The summed E-state index contributed by atoms with van der Waals surface area (Å²) in [5.41, 5.74) is 1.82. The molecule has 0 saturated carbocycles. The van der Waals surface area contributed by atoms with Gasteiger partial charge in [-0.3, -0.25) is 0 Å². The van der Waals surface area contributed by atoms with Crippen molar-refractivity contribution in [2.24, 2.45) is 0 Å². The molecule has 1 spiro atoms. The first-order valence-corrected chi connectivity index (χ1v) is 5.03. The van der Waals surface area contributed by atoms with Gasteiger partial charge in [0.05, 0.1) is 6.61 Å². The number of rotatable bonds is 0. The Hall–Kier alpha value is -1.32. The summed E-state index contributed by atoms with van der Waals surface area (Å²) in [5.74, 6) is -0.270. The van der Waals surface area contributed by atoms with Crippen LogP contribution < -0.4 is 0 Å². The summed E-state index contributed by atoms with van der Waals surface area (Å²) in [7, 11) is 0. The molecule has 0 amide bonds. The van der Waals surface area contributed by atoms with Gasteiger partial charge in [-0.25, -0.2) is 0 Å². The molecule has 0 radical (unpaired) electrons. The van der Waals surface area contributed by atoms with E-state index in [0.717, 1.165) is 11.1 Å². The Bertz CT molecular complexity index is 438. The SMILES string of the molecule is CC1OC12C=Cc1cccc(O)c1CO2. The lowest BCUT2D eigenvalue weighted by molar-refractivity contribution is -0.0181. The van der Waals surface area contributed by atoms with E-state index in [-0.39, 0.29) is 11.9 Å².